The molecule has 2 fully saturated rings. The van der Waals surface area contributed by atoms with Crippen LogP contribution in [0.4, 0.5) is 4.39 Å². The molecule has 0 aromatic heterocycles. The lowest BCUT2D eigenvalue weighted by atomic mass is 9.63. The Morgan fingerprint density at radius 3 is 2.61 bits per heavy atom. The Morgan fingerprint density at radius 1 is 1.24 bits per heavy atom. The average molecular weight is 460 g/mol. The van der Waals surface area contributed by atoms with Crippen LogP contribution < -0.4 is 5.32 Å². The third kappa shape index (κ3) is 5.26. The third-order valence-electron chi connectivity index (χ3n) is 8.14. The number of hydrogen-bond acceptors (Lipinski definition) is 3. The summed E-state index contributed by atoms with van der Waals surface area (Å²) in [4.78, 5) is 29.3. The maximum absolute atomic E-state index is 14.4. The van der Waals surface area contributed by atoms with Crippen LogP contribution in [0.2, 0.25) is 0 Å². The number of nitrogens with zero attached hydrogens (tertiary/aromatic N) is 2. The molecule has 0 saturated carbocycles. The molecule has 1 aliphatic carbocycles. The van der Waals surface area contributed by atoms with E-state index in [0.717, 1.165) is 62.9 Å². The van der Waals surface area contributed by atoms with Crippen LogP contribution in [0.5, 0.6) is 0 Å². The van der Waals surface area contributed by atoms with Crippen LogP contribution in [0.25, 0.3) is 0 Å². The summed E-state index contributed by atoms with van der Waals surface area (Å²) < 4.78 is 14.4. The molecular formula is C27H42FN3O2. The normalized spacial score (nSPS) is 24.1. The number of fused-ring (bicyclic) bond motifs is 2. The predicted octanol–water partition coefficient (Wildman–Crippen LogP) is 4.80. The maximum Gasteiger partial charge on any atom is 0.242 e. The second-order valence-electron chi connectivity index (χ2n) is 11.6. The summed E-state index contributed by atoms with van der Waals surface area (Å²) in [5, 5.41) is 3.19. The molecule has 2 amide bonds. The van der Waals surface area contributed by atoms with E-state index in [1.54, 1.807) is 11.0 Å². The summed E-state index contributed by atoms with van der Waals surface area (Å²) in [6.07, 6.45) is 6.40. The standard InChI is InChI=1S/C27H40FN3O2.H2/c1-19(31-14-5-6-24(31)32)25(33)29-23-9-10-27(22-18-20(28)7-8-21(22)23)12-16-30(17-13-27)15-11-26(2,3)4;/h7-8,18-19,23H,5-6,9-17H2,1-4H3,(H,29,33);1H/t19-,23-;/m0./s1. The van der Waals surface area contributed by atoms with Gasteiger partial charge in [-0.3, -0.25) is 9.59 Å². The topological polar surface area (TPSA) is 52.7 Å². The number of nitrogens with one attached hydrogen (secondary N) is 1. The Labute approximate surface area is 199 Å². The molecule has 2 saturated heterocycles. The Morgan fingerprint density at radius 2 is 1.97 bits per heavy atom. The number of piperidine rings is 1. The second-order valence-corrected chi connectivity index (χ2v) is 11.6. The highest BCUT2D eigenvalue weighted by Gasteiger charge is 2.43. The van der Waals surface area contributed by atoms with Crippen LogP contribution in [0.1, 0.15) is 91.2 Å². The van der Waals surface area contributed by atoms with Gasteiger partial charge >= 0.3 is 0 Å². The first-order chi connectivity index (χ1) is 15.6. The smallest absolute Gasteiger partial charge is 0.242 e. The molecule has 184 valence electrons. The van der Waals surface area contributed by atoms with E-state index in [1.807, 2.05) is 13.0 Å². The number of rotatable bonds is 5. The summed E-state index contributed by atoms with van der Waals surface area (Å²) in [6, 6.07) is 4.51. The molecule has 33 heavy (non-hydrogen) atoms. The minimum atomic E-state index is -0.467. The zero-order chi connectivity index (χ0) is 23.8. The van der Waals surface area contributed by atoms with Gasteiger partial charge in [0.15, 0.2) is 0 Å². The van der Waals surface area contributed by atoms with Gasteiger partial charge in [0.1, 0.15) is 11.9 Å². The minimum Gasteiger partial charge on any atom is -0.348 e. The van der Waals surface area contributed by atoms with E-state index in [2.05, 4.69) is 31.0 Å². The monoisotopic (exact) mass is 459 g/mol. The molecule has 2 aliphatic heterocycles. The van der Waals surface area contributed by atoms with Gasteiger partial charge < -0.3 is 15.1 Å². The molecule has 0 radical (unpaired) electrons. The first-order valence-corrected chi connectivity index (χ1v) is 12.7. The first kappa shape index (κ1) is 24.2. The molecule has 1 aromatic carbocycles. The zero-order valence-corrected chi connectivity index (χ0v) is 20.8. The van der Waals surface area contributed by atoms with Gasteiger partial charge in [-0.2, -0.15) is 0 Å². The minimum absolute atomic E-state index is 0. The number of amides is 2. The summed E-state index contributed by atoms with van der Waals surface area (Å²) in [5.41, 5.74) is 2.46. The molecule has 0 unspecified atom stereocenters. The van der Waals surface area contributed by atoms with Gasteiger partial charge in [-0.15, -0.1) is 0 Å². The van der Waals surface area contributed by atoms with Gasteiger partial charge in [0.25, 0.3) is 0 Å². The van der Waals surface area contributed by atoms with E-state index >= 15 is 0 Å². The van der Waals surface area contributed by atoms with Crippen molar-refractivity contribution in [1.82, 2.24) is 15.1 Å². The Kier molecular flexibility index (Phi) is 6.86. The number of carbonyl (C=O) groups excluding carboxylic acids is 2. The molecule has 5 nitrogen and oxygen atoms in total. The summed E-state index contributed by atoms with van der Waals surface area (Å²) in [7, 11) is 0. The molecule has 1 aromatic rings. The molecular weight excluding hydrogens is 417 g/mol. The molecule has 2 heterocycles. The molecule has 4 rings (SSSR count). The lowest BCUT2D eigenvalue weighted by molar-refractivity contribution is -0.137. The van der Waals surface area contributed by atoms with Gasteiger partial charge in [0.2, 0.25) is 11.8 Å². The van der Waals surface area contributed by atoms with E-state index < -0.39 is 6.04 Å². The molecule has 1 N–H and O–H groups in total. The zero-order valence-electron chi connectivity index (χ0n) is 20.8. The van der Waals surface area contributed by atoms with Crippen LogP contribution in [-0.4, -0.2) is 53.8 Å². The van der Waals surface area contributed by atoms with Gasteiger partial charge in [-0.25, -0.2) is 4.39 Å². The van der Waals surface area contributed by atoms with Gasteiger partial charge in [0.05, 0.1) is 6.04 Å². The molecule has 0 bridgehead atoms. The number of carbonyl (C=O) groups is 2. The van der Waals surface area contributed by atoms with Crippen molar-refractivity contribution in [2.45, 2.75) is 90.1 Å². The SMILES string of the molecule is C[C@@H](C(=O)N[C@H]1CCC2(CCN(CCC(C)(C)C)CC2)c2cc(F)ccc21)N1CCCC1=O.[HH]. The van der Waals surface area contributed by atoms with Crippen molar-refractivity contribution in [3.63, 3.8) is 0 Å². The van der Waals surface area contributed by atoms with Crippen molar-refractivity contribution < 1.29 is 15.4 Å². The van der Waals surface area contributed by atoms with Crippen LogP contribution in [0.3, 0.4) is 0 Å². The fourth-order valence-corrected chi connectivity index (χ4v) is 5.88. The molecule has 3 aliphatic rings. The Hall–Kier alpha value is -1.95. The van der Waals surface area contributed by atoms with Gasteiger partial charge in [0, 0.05) is 14.4 Å². The Balaban J connectivity index is 0.00000324. The highest BCUT2D eigenvalue weighted by molar-refractivity contribution is 5.88. The van der Waals surface area contributed by atoms with Crippen LogP contribution in [0, 0.1) is 11.2 Å². The van der Waals surface area contributed by atoms with Crippen molar-refractivity contribution >= 4 is 11.8 Å². The van der Waals surface area contributed by atoms with Crippen LogP contribution >= 0.6 is 0 Å². The van der Waals surface area contributed by atoms with Crippen molar-refractivity contribution in [1.29, 1.82) is 0 Å². The largest absolute Gasteiger partial charge is 0.348 e. The lowest BCUT2D eigenvalue weighted by Crippen LogP contribution is -2.49. The van der Waals surface area contributed by atoms with Crippen molar-refractivity contribution in [3.8, 4) is 0 Å². The Bertz CT molecular complexity index is 892. The molecule has 6 heteroatoms. The van der Waals surface area contributed by atoms with Crippen molar-refractivity contribution in [2.75, 3.05) is 26.2 Å². The highest BCUT2D eigenvalue weighted by Crippen LogP contribution is 2.48. The predicted molar refractivity (Wildman–Crippen MR) is 130 cm³/mol. The van der Waals surface area contributed by atoms with Crippen molar-refractivity contribution in [3.05, 3.63) is 35.1 Å². The van der Waals surface area contributed by atoms with E-state index in [-0.39, 0.29) is 30.5 Å². The lowest BCUT2D eigenvalue weighted by Gasteiger charge is -2.47. The van der Waals surface area contributed by atoms with Crippen molar-refractivity contribution in [2.24, 2.45) is 5.41 Å². The quantitative estimate of drug-likeness (QED) is 0.688. The average Bonchev–Trinajstić information content (AvgIpc) is 3.20. The number of likely N-dealkylation sites (tertiary alicyclic amines) is 2. The highest BCUT2D eigenvalue weighted by atomic mass is 19.1. The molecule has 2 atom stereocenters. The van der Waals surface area contributed by atoms with E-state index in [9.17, 15) is 14.0 Å². The van der Waals surface area contributed by atoms with E-state index in [0.29, 0.717) is 18.4 Å². The number of benzene rings is 1. The van der Waals surface area contributed by atoms with Crippen LogP contribution in [-0.2, 0) is 15.0 Å². The fraction of sp³-hybridized carbons (Fsp3) is 0.704. The number of halogens is 1. The second kappa shape index (κ2) is 9.36. The fourth-order valence-electron chi connectivity index (χ4n) is 5.88. The summed E-state index contributed by atoms with van der Waals surface area (Å²) in [5.74, 6) is -0.259. The van der Waals surface area contributed by atoms with Gasteiger partial charge in [-0.05, 0) is 99.2 Å². The van der Waals surface area contributed by atoms with E-state index in [4.69, 9.17) is 0 Å². The summed E-state index contributed by atoms with van der Waals surface area (Å²) in [6.45, 7) is 12.5. The number of hydrogen-bond donors (Lipinski definition) is 1. The van der Waals surface area contributed by atoms with E-state index in [1.165, 1.54) is 12.5 Å². The third-order valence-corrected chi connectivity index (χ3v) is 8.14. The van der Waals surface area contributed by atoms with Gasteiger partial charge in [-0.1, -0.05) is 26.8 Å². The summed E-state index contributed by atoms with van der Waals surface area (Å²) >= 11 is 0. The molecule has 1 spiro atoms. The first-order valence-electron chi connectivity index (χ1n) is 12.7. The van der Waals surface area contributed by atoms with Crippen LogP contribution in [0.15, 0.2) is 18.2 Å². The maximum atomic E-state index is 14.4.